The van der Waals surface area contributed by atoms with E-state index in [2.05, 4.69) is 0 Å². The number of ketones is 1. The summed E-state index contributed by atoms with van der Waals surface area (Å²) < 4.78 is 15.3. The van der Waals surface area contributed by atoms with Gasteiger partial charge >= 0.3 is 5.97 Å². The van der Waals surface area contributed by atoms with Crippen LogP contribution in [0, 0.1) is 6.92 Å². The third-order valence-electron chi connectivity index (χ3n) is 3.58. The Balaban J connectivity index is 2.26. The van der Waals surface area contributed by atoms with Crippen molar-refractivity contribution in [2.24, 2.45) is 0 Å². The molecule has 3 N–H and O–H groups in total. The Morgan fingerprint density at radius 2 is 1.96 bits per heavy atom. The van der Waals surface area contributed by atoms with Crippen LogP contribution in [0.2, 0.25) is 0 Å². The first kappa shape index (κ1) is 17.2. The Kier molecular flexibility index (Phi) is 4.88. The smallest absolute Gasteiger partial charge is 0.343 e. The van der Waals surface area contributed by atoms with E-state index in [9.17, 15) is 24.9 Å². The summed E-state index contributed by atoms with van der Waals surface area (Å²) in [5, 5.41) is 28.9. The van der Waals surface area contributed by atoms with Crippen LogP contribution in [0.3, 0.4) is 0 Å². The normalized spacial score (nSPS) is 27.7. The average molecular weight is 326 g/mol. The number of aliphatic hydroxyl groups is 1. The number of carbonyl (C=O) groups is 2. The summed E-state index contributed by atoms with van der Waals surface area (Å²) >= 11 is 0. The van der Waals surface area contributed by atoms with E-state index in [4.69, 9.17) is 14.2 Å². The molecule has 2 rings (SSSR count). The van der Waals surface area contributed by atoms with Crippen molar-refractivity contribution >= 4 is 11.8 Å². The van der Waals surface area contributed by atoms with Crippen molar-refractivity contribution in [3.8, 4) is 11.5 Å². The zero-order chi connectivity index (χ0) is 17.3. The molecule has 1 aliphatic rings. The Bertz CT molecular complexity index is 603. The van der Waals surface area contributed by atoms with Crippen LogP contribution in [0.15, 0.2) is 12.1 Å². The van der Waals surface area contributed by atoms with Gasteiger partial charge in [0.15, 0.2) is 0 Å². The van der Waals surface area contributed by atoms with Gasteiger partial charge in [0.05, 0.1) is 6.10 Å². The SMILES string of the molecule is COC1OC(C)C(O)C(=O)C1OC(=O)c1c(C)cc(O)cc1O. The first-order chi connectivity index (χ1) is 10.8. The Hall–Kier alpha value is -2.16. The predicted octanol–water partition coefficient (Wildman–Crippen LogP) is 0.253. The third-order valence-corrected chi connectivity index (χ3v) is 3.58. The van der Waals surface area contributed by atoms with Crippen LogP contribution < -0.4 is 0 Å². The molecule has 1 aromatic rings. The molecule has 0 amide bonds. The summed E-state index contributed by atoms with van der Waals surface area (Å²) in [5.74, 6) is -2.45. The van der Waals surface area contributed by atoms with Gasteiger partial charge in [0.2, 0.25) is 18.2 Å². The zero-order valence-electron chi connectivity index (χ0n) is 12.8. The molecule has 23 heavy (non-hydrogen) atoms. The van der Waals surface area contributed by atoms with Gasteiger partial charge in [-0.05, 0) is 25.5 Å². The molecule has 1 fully saturated rings. The van der Waals surface area contributed by atoms with Crippen molar-refractivity contribution in [3.05, 3.63) is 23.3 Å². The lowest BCUT2D eigenvalue weighted by Crippen LogP contribution is -2.56. The first-order valence-corrected chi connectivity index (χ1v) is 6.89. The number of rotatable bonds is 3. The number of phenols is 2. The highest BCUT2D eigenvalue weighted by Crippen LogP contribution is 2.29. The van der Waals surface area contributed by atoms with Crippen LogP contribution >= 0.6 is 0 Å². The number of hydrogen-bond donors (Lipinski definition) is 3. The summed E-state index contributed by atoms with van der Waals surface area (Å²) in [5.41, 5.74) is 0.0677. The molecule has 0 spiro atoms. The molecule has 0 saturated carbocycles. The summed E-state index contributed by atoms with van der Waals surface area (Å²) in [7, 11) is 1.27. The maximum atomic E-state index is 12.3. The van der Waals surface area contributed by atoms with Gasteiger partial charge in [0.1, 0.15) is 23.2 Å². The van der Waals surface area contributed by atoms with E-state index in [1.165, 1.54) is 27.0 Å². The van der Waals surface area contributed by atoms with E-state index in [1.54, 1.807) is 0 Å². The molecular formula is C15H18O8. The van der Waals surface area contributed by atoms with Crippen LogP contribution in [0.4, 0.5) is 0 Å². The van der Waals surface area contributed by atoms with E-state index >= 15 is 0 Å². The number of Topliss-reactive ketones (excluding diaryl/α,β-unsaturated/α-hetero) is 1. The molecule has 4 atom stereocenters. The quantitative estimate of drug-likeness (QED) is 0.676. The second-order valence-corrected chi connectivity index (χ2v) is 5.28. The lowest BCUT2D eigenvalue weighted by atomic mass is 10.0. The zero-order valence-corrected chi connectivity index (χ0v) is 12.8. The Morgan fingerprint density at radius 3 is 2.52 bits per heavy atom. The minimum atomic E-state index is -1.47. The van der Waals surface area contributed by atoms with Crippen molar-refractivity contribution in [1.29, 1.82) is 0 Å². The number of esters is 1. The van der Waals surface area contributed by atoms with Gasteiger partial charge in [-0.2, -0.15) is 0 Å². The van der Waals surface area contributed by atoms with E-state index in [0.717, 1.165) is 6.07 Å². The summed E-state index contributed by atoms with van der Waals surface area (Å²) in [6, 6.07) is 2.24. The number of carbonyl (C=O) groups excluding carboxylic acids is 2. The number of phenolic OH excluding ortho intramolecular Hbond substituents is 2. The number of methoxy groups -OCH3 is 1. The van der Waals surface area contributed by atoms with Gasteiger partial charge in [-0.3, -0.25) is 4.79 Å². The minimum absolute atomic E-state index is 0.196. The molecule has 0 aromatic heterocycles. The molecular weight excluding hydrogens is 308 g/mol. The first-order valence-electron chi connectivity index (χ1n) is 6.89. The van der Waals surface area contributed by atoms with Crippen LogP contribution in [0.5, 0.6) is 11.5 Å². The second kappa shape index (κ2) is 6.53. The molecule has 1 aromatic carbocycles. The molecule has 1 aliphatic heterocycles. The molecule has 1 saturated heterocycles. The molecule has 0 bridgehead atoms. The molecule has 4 unspecified atom stereocenters. The van der Waals surface area contributed by atoms with E-state index in [0.29, 0.717) is 0 Å². The number of aryl methyl sites for hydroxylation is 1. The van der Waals surface area contributed by atoms with E-state index in [-0.39, 0.29) is 16.9 Å². The highest BCUT2D eigenvalue weighted by molar-refractivity contribution is 5.97. The van der Waals surface area contributed by atoms with E-state index < -0.39 is 42.1 Å². The molecule has 8 nitrogen and oxygen atoms in total. The average Bonchev–Trinajstić information content (AvgIpc) is 2.46. The van der Waals surface area contributed by atoms with Gasteiger partial charge in [-0.15, -0.1) is 0 Å². The van der Waals surface area contributed by atoms with Gasteiger partial charge in [-0.1, -0.05) is 0 Å². The number of benzene rings is 1. The number of hydrogen-bond acceptors (Lipinski definition) is 8. The largest absolute Gasteiger partial charge is 0.508 e. The van der Waals surface area contributed by atoms with Crippen LogP contribution in [0.1, 0.15) is 22.8 Å². The highest BCUT2D eigenvalue weighted by atomic mass is 16.7. The molecule has 0 aliphatic carbocycles. The Morgan fingerprint density at radius 1 is 1.30 bits per heavy atom. The fourth-order valence-corrected chi connectivity index (χ4v) is 2.37. The monoisotopic (exact) mass is 326 g/mol. The van der Waals surface area contributed by atoms with Gasteiger partial charge < -0.3 is 29.5 Å². The standard InChI is InChI=1S/C15H18O8/c1-6-4-8(16)5-9(17)10(6)14(20)23-13-12(19)11(18)7(2)22-15(13)21-3/h4-5,7,11,13,15-18H,1-3H3. The Labute approximate surface area is 132 Å². The lowest BCUT2D eigenvalue weighted by Gasteiger charge is -2.35. The van der Waals surface area contributed by atoms with Gasteiger partial charge in [-0.25, -0.2) is 4.79 Å². The van der Waals surface area contributed by atoms with Gasteiger partial charge in [0.25, 0.3) is 0 Å². The topological polar surface area (TPSA) is 123 Å². The molecule has 0 radical (unpaired) electrons. The highest BCUT2D eigenvalue weighted by Gasteiger charge is 2.45. The lowest BCUT2D eigenvalue weighted by molar-refractivity contribution is -0.239. The number of ether oxygens (including phenoxy) is 3. The fraction of sp³-hybridized carbons (Fsp3) is 0.467. The summed E-state index contributed by atoms with van der Waals surface area (Å²) in [6.07, 6.45) is -4.88. The minimum Gasteiger partial charge on any atom is -0.508 e. The second-order valence-electron chi connectivity index (χ2n) is 5.28. The van der Waals surface area contributed by atoms with Crippen molar-refractivity contribution in [2.75, 3.05) is 7.11 Å². The van der Waals surface area contributed by atoms with Crippen molar-refractivity contribution < 1.29 is 39.1 Å². The van der Waals surface area contributed by atoms with Crippen molar-refractivity contribution in [1.82, 2.24) is 0 Å². The third kappa shape index (κ3) is 3.29. The molecule has 126 valence electrons. The molecule has 8 heteroatoms. The fourth-order valence-electron chi connectivity index (χ4n) is 2.37. The maximum Gasteiger partial charge on any atom is 0.343 e. The summed E-state index contributed by atoms with van der Waals surface area (Å²) in [4.78, 5) is 24.4. The van der Waals surface area contributed by atoms with Crippen LogP contribution in [-0.4, -0.2) is 58.8 Å². The summed E-state index contributed by atoms with van der Waals surface area (Å²) in [6.45, 7) is 2.97. The maximum absolute atomic E-state index is 12.3. The number of aliphatic hydroxyl groups excluding tert-OH is 1. The van der Waals surface area contributed by atoms with Gasteiger partial charge in [0, 0.05) is 13.2 Å². The van der Waals surface area contributed by atoms with Crippen molar-refractivity contribution in [2.45, 2.75) is 38.4 Å². The molecule has 1 heterocycles. The number of aromatic hydroxyl groups is 2. The van der Waals surface area contributed by atoms with Crippen molar-refractivity contribution in [3.63, 3.8) is 0 Å². The predicted molar refractivity (Wildman–Crippen MR) is 76.1 cm³/mol. The van der Waals surface area contributed by atoms with Crippen LogP contribution in [0.25, 0.3) is 0 Å². The van der Waals surface area contributed by atoms with Crippen LogP contribution in [-0.2, 0) is 19.0 Å². The van der Waals surface area contributed by atoms with E-state index in [1.807, 2.05) is 0 Å².